The van der Waals surface area contributed by atoms with E-state index in [4.69, 9.17) is 16.3 Å². The molecule has 2 heterocycles. The highest BCUT2D eigenvalue weighted by molar-refractivity contribution is 6.31. The number of phenols is 1. The average molecular weight is 429 g/mol. The third-order valence-electron chi connectivity index (χ3n) is 6.08. The van der Waals surface area contributed by atoms with Gasteiger partial charge in [0.15, 0.2) is 0 Å². The highest BCUT2D eigenvalue weighted by Crippen LogP contribution is 2.36. The predicted molar refractivity (Wildman–Crippen MR) is 115 cm³/mol. The van der Waals surface area contributed by atoms with Gasteiger partial charge >= 0.3 is 0 Å². The minimum absolute atomic E-state index is 0.0380. The summed E-state index contributed by atoms with van der Waals surface area (Å²) in [6.07, 6.45) is 1.96. The van der Waals surface area contributed by atoms with Crippen molar-refractivity contribution in [2.45, 2.75) is 25.2 Å². The van der Waals surface area contributed by atoms with E-state index in [2.05, 4.69) is 0 Å². The molecule has 30 heavy (non-hydrogen) atoms. The second-order valence-corrected chi connectivity index (χ2v) is 8.35. The molecule has 2 aliphatic heterocycles. The monoisotopic (exact) mass is 428 g/mol. The zero-order valence-corrected chi connectivity index (χ0v) is 17.6. The largest absolute Gasteiger partial charge is 0.508 e. The van der Waals surface area contributed by atoms with Crippen molar-refractivity contribution in [1.82, 2.24) is 4.90 Å². The lowest BCUT2D eigenvalue weighted by Gasteiger charge is -2.33. The lowest BCUT2D eigenvalue weighted by Crippen LogP contribution is -2.42. The number of ether oxygens (including phenoxy) is 1. The van der Waals surface area contributed by atoms with Gasteiger partial charge in [-0.25, -0.2) is 0 Å². The number of nitrogens with zero attached hydrogens (tertiary/aromatic N) is 2. The molecule has 7 heteroatoms. The minimum Gasteiger partial charge on any atom is -0.508 e. The number of benzene rings is 2. The van der Waals surface area contributed by atoms with Crippen molar-refractivity contribution < 1.29 is 19.4 Å². The third-order valence-corrected chi connectivity index (χ3v) is 6.31. The van der Waals surface area contributed by atoms with E-state index < -0.39 is 0 Å². The Morgan fingerprint density at radius 3 is 2.50 bits per heavy atom. The third kappa shape index (κ3) is 4.10. The lowest BCUT2D eigenvalue weighted by molar-refractivity contribution is -0.136. The molecule has 2 amide bonds. The van der Waals surface area contributed by atoms with Gasteiger partial charge in [0.25, 0.3) is 0 Å². The van der Waals surface area contributed by atoms with E-state index in [1.54, 1.807) is 42.3 Å². The number of rotatable bonds is 4. The molecular formula is C23H25ClN2O4. The van der Waals surface area contributed by atoms with Crippen molar-refractivity contribution in [1.29, 1.82) is 0 Å². The number of likely N-dealkylation sites (tertiary alicyclic amines) is 1. The number of phenolic OH excluding ortho intramolecular Hbond substituents is 1. The van der Waals surface area contributed by atoms with Gasteiger partial charge in [-0.15, -0.1) is 0 Å². The molecule has 0 bridgehead atoms. The fraction of sp³-hybridized carbons (Fsp3) is 0.391. The van der Waals surface area contributed by atoms with Crippen LogP contribution >= 0.6 is 11.6 Å². The maximum absolute atomic E-state index is 13.1. The van der Waals surface area contributed by atoms with Gasteiger partial charge in [-0.3, -0.25) is 9.59 Å². The van der Waals surface area contributed by atoms with Crippen LogP contribution in [0.4, 0.5) is 5.69 Å². The van der Waals surface area contributed by atoms with Gasteiger partial charge in [-0.1, -0.05) is 23.7 Å². The number of anilines is 1. The summed E-state index contributed by atoms with van der Waals surface area (Å²) in [7, 11) is 1.55. The number of piperidine rings is 1. The second-order valence-electron chi connectivity index (χ2n) is 7.91. The number of methoxy groups -OCH3 is 1. The summed E-state index contributed by atoms with van der Waals surface area (Å²) >= 11 is 6.11. The van der Waals surface area contributed by atoms with Gasteiger partial charge in [-0.05, 0) is 54.7 Å². The van der Waals surface area contributed by atoms with E-state index in [9.17, 15) is 14.7 Å². The first-order valence-electron chi connectivity index (χ1n) is 10.2. The van der Waals surface area contributed by atoms with Crippen molar-refractivity contribution in [3.05, 3.63) is 53.1 Å². The summed E-state index contributed by atoms with van der Waals surface area (Å²) in [5.74, 6) is 0.802. The Labute approximate surface area is 181 Å². The molecule has 1 atom stereocenters. The first kappa shape index (κ1) is 20.5. The standard InChI is InChI=1S/C23H25ClN2O4/c1-30-21-7-4-18(24)13-20(21)26-14-17(12-22(26)28)23(29)25-10-8-16(9-11-25)15-2-5-19(27)6-3-15/h2-7,13,16-17,27H,8-12,14H2,1H3. The minimum atomic E-state index is -0.355. The van der Waals surface area contributed by atoms with Crippen LogP contribution < -0.4 is 9.64 Å². The Morgan fingerprint density at radius 2 is 1.83 bits per heavy atom. The van der Waals surface area contributed by atoms with E-state index in [1.165, 1.54) is 5.56 Å². The van der Waals surface area contributed by atoms with E-state index >= 15 is 0 Å². The summed E-state index contributed by atoms with van der Waals surface area (Å²) in [4.78, 5) is 29.2. The fourth-order valence-corrected chi connectivity index (χ4v) is 4.58. The molecule has 0 spiro atoms. The lowest BCUT2D eigenvalue weighted by atomic mass is 9.89. The van der Waals surface area contributed by atoms with Crippen molar-refractivity contribution in [3.63, 3.8) is 0 Å². The molecule has 0 radical (unpaired) electrons. The normalized spacial score (nSPS) is 19.9. The Bertz CT molecular complexity index is 939. The highest BCUT2D eigenvalue weighted by atomic mass is 35.5. The Kier molecular flexibility index (Phi) is 5.86. The highest BCUT2D eigenvalue weighted by Gasteiger charge is 2.39. The van der Waals surface area contributed by atoms with Crippen molar-refractivity contribution in [2.24, 2.45) is 5.92 Å². The van der Waals surface area contributed by atoms with E-state index in [-0.39, 0.29) is 29.9 Å². The van der Waals surface area contributed by atoms with Crippen LogP contribution in [0, 0.1) is 5.92 Å². The average Bonchev–Trinajstić information content (AvgIpc) is 3.15. The summed E-state index contributed by atoms with van der Waals surface area (Å²) in [6, 6.07) is 12.5. The number of halogens is 1. The maximum Gasteiger partial charge on any atom is 0.228 e. The molecule has 0 aliphatic carbocycles. The molecular weight excluding hydrogens is 404 g/mol. The molecule has 0 saturated carbocycles. The van der Waals surface area contributed by atoms with Gasteiger partial charge in [0, 0.05) is 31.1 Å². The van der Waals surface area contributed by atoms with E-state index in [1.807, 2.05) is 17.0 Å². The smallest absolute Gasteiger partial charge is 0.228 e. The van der Waals surface area contributed by atoms with Crippen molar-refractivity contribution >= 4 is 29.1 Å². The summed E-state index contributed by atoms with van der Waals surface area (Å²) in [5.41, 5.74) is 1.80. The molecule has 158 valence electrons. The number of carbonyl (C=O) groups excluding carboxylic acids is 2. The Hall–Kier alpha value is -2.73. The molecule has 1 unspecified atom stereocenters. The molecule has 2 aromatic carbocycles. The maximum atomic E-state index is 13.1. The second kappa shape index (κ2) is 8.56. The SMILES string of the molecule is COc1ccc(Cl)cc1N1CC(C(=O)N2CCC(c3ccc(O)cc3)CC2)CC1=O. The van der Waals surface area contributed by atoms with E-state index in [0.29, 0.717) is 42.0 Å². The molecule has 6 nitrogen and oxygen atoms in total. The first-order chi connectivity index (χ1) is 14.5. The topological polar surface area (TPSA) is 70.1 Å². The first-order valence-corrected chi connectivity index (χ1v) is 10.6. The number of aromatic hydroxyl groups is 1. The quantitative estimate of drug-likeness (QED) is 0.803. The molecule has 2 fully saturated rings. The number of hydrogen-bond donors (Lipinski definition) is 1. The van der Waals surface area contributed by atoms with Gasteiger partial charge < -0.3 is 19.6 Å². The molecule has 2 aliphatic rings. The van der Waals surface area contributed by atoms with Crippen LogP contribution in [0.15, 0.2) is 42.5 Å². The number of amides is 2. The van der Waals surface area contributed by atoms with Gasteiger partial charge in [0.2, 0.25) is 11.8 Å². The molecule has 1 N–H and O–H groups in total. The van der Waals surface area contributed by atoms with Crippen LogP contribution in [-0.2, 0) is 9.59 Å². The molecule has 4 rings (SSSR count). The fourth-order valence-electron chi connectivity index (χ4n) is 4.42. The summed E-state index contributed by atoms with van der Waals surface area (Å²) in [6.45, 7) is 1.69. The van der Waals surface area contributed by atoms with Crippen LogP contribution in [0.5, 0.6) is 11.5 Å². The van der Waals surface area contributed by atoms with Crippen LogP contribution in [-0.4, -0.2) is 48.6 Å². The van der Waals surface area contributed by atoms with Crippen LogP contribution in [0.3, 0.4) is 0 Å². The Balaban J connectivity index is 1.40. The van der Waals surface area contributed by atoms with Crippen molar-refractivity contribution in [2.75, 3.05) is 31.6 Å². The Morgan fingerprint density at radius 1 is 1.13 bits per heavy atom. The summed E-state index contributed by atoms with van der Waals surface area (Å²) in [5, 5.41) is 9.98. The molecule has 2 aromatic rings. The number of carbonyl (C=O) groups is 2. The van der Waals surface area contributed by atoms with E-state index in [0.717, 1.165) is 12.8 Å². The number of hydrogen-bond acceptors (Lipinski definition) is 4. The van der Waals surface area contributed by atoms with Crippen LogP contribution in [0.25, 0.3) is 0 Å². The van der Waals surface area contributed by atoms with Gasteiger partial charge in [0.05, 0.1) is 18.7 Å². The molecule has 2 saturated heterocycles. The predicted octanol–water partition coefficient (Wildman–Crippen LogP) is 3.81. The van der Waals surface area contributed by atoms with Gasteiger partial charge in [0.1, 0.15) is 11.5 Å². The van der Waals surface area contributed by atoms with Crippen molar-refractivity contribution in [3.8, 4) is 11.5 Å². The summed E-state index contributed by atoms with van der Waals surface area (Å²) < 4.78 is 5.37. The zero-order chi connectivity index (χ0) is 21.3. The van der Waals surface area contributed by atoms with Gasteiger partial charge in [-0.2, -0.15) is 0 Å². The van der Waals surface area contributed by atoms with Crippen LogP contribution in [0.1, 0.15) is 30.7 Å². The molecule has 0 aromatic heterocycles. The zero-order valence-electron chi connectivity index (χ0n) is 16.9. The van der Waals surface area contributed by atoms with Crippen LogP contribution in [0.2, 0.25) is 5.02 Å².